The molecule has 0 bridgehead atoms. The molecule has 0 radical (unpaired) electrons. The lowest BCUT2D eigenvalue weighted by Crippen LogP contribution is -2.21. The molecule has 1 atom stereocenters. The van der Waals surface area contributed by atoms with Crippen molar-refractivity contribution in [3.63, 3.8) is 0 Å². The van der Waals surface area contributed by atoms with E-state index in [-0.39, 0.29) is 6.04 Å². The average Bonchev–Trinajstić information content (AvgIpc) is 3.39. The number of thiophene rings is 2. The third-order valence-electron chi connectivity index (χ3n) is 4.01. The van der Waals surface area contributed by atoms with Crippen LogP contribution in [0.25, 0.3) is 10.8 Å². The number of rotatable bonds is 6. The third kappa shape index (κ3) is 3.74. The van der Waals surface area contributed by atoms with Gasteiger partial charge < -0.3 is 4.42 Å². The van der Waals surface area contributed by atoms with Gasteiger partial charge in [-0.15, -0.1) is 22.7 Å². The van der Waals surface area contributed by atoms with Crippen molar-refractivity contribution in [1.29, 1.82) is 0 Å². The lowest BCUT2D eigenvalue weighted by atomic mass is 10.0. The summed E-state index contributed by atoms with van der Waals surface area (Å²) in [6, 6.07) is 17.1. The average molecular weight is 367 g/mol. The van der Waals surface area contributed by atoms with Crippen molar-refractivity contribution in [3.05, 3.63) is 87.3 Å². The number of aromatic nitrogens is 1. The second-order valence-corrected chi connectivity index (χ2v) is 7.79. The van der Waals surface area contributed by atoms with E-state index in [1.165, 1.54) is 16.0 Å². The van der Waals surface area contributed by atoms with Gasteiger partial charge in [-0.1, -0.05) is 42.0 Å². The quantitative estimate of drug-likeness (QED) is 0.479. The van der Waals surface area contributed by atoms with Gasteiger partial charge in [0.25, 0.3) is 0 Å². The summed E-state index contributed by atoms with van der Waals surface area (Å²) < 4.78 is 5.62. The largest absolute Gasteiger partial charge is 0.444 e. The summed E-state index contributed by atoms with van der Waals surface area (Å²) in [6.07, 6.45) is 1.74. The SMILES string of the molecule is Cc1ccc([C@H](NCc2coc(-c3cccs3)n2)c2cccs2)cc1. The fourth-order valence-electron chi connectivity index (χ4n) is 2.71. The Morgan fingerprint density at radius 3 is 2.56 bits per heavy atom. The van der Waals surface area contributed by atoms with E-state index in [0.717, 1.165) is 10.6 Å². The minimum absolute atomic E-state index is 0.155. The molecule has 0 aliphatic carbocycles. The molecule has 126 valence electrons. The van der Waals surface area contributed by atoms with Crippen LogP contribution < -0.4 is 5.32 Å². The number of oxazole rings is 1. The van der Waals surface area contributed by atoms with E-state index < -0.39 is 0 Å². The van der Waals surface area contributed by atoms with E-state index in [4.69, 9.17) is 4.42 Å². The zero-order chi connectivity index (χ0) is 17.1. The van der Waals surface area contributed by atoms with Gasteiger partial charge in [0.2, 0.25) is 5.89 Å². The topological polar surface area (TPSA) is 38.1 Å². The van der Waals surface area contributed by atoms with Gasteiger partial charge in [0.1, 0.15) is 6.26 Å². The van der Waals surface area contributed by atoms with Crippen LogP contribution in [0, 0.1) is 6.92 Å². The number of nitrogens with zero attached hydrogens (tertiary/aromatic N) is 1. The molecular weight excluding hydrogens is 348 g/mol. The molecule has 4 aromatic rings. The molecular formula is C20H18N2OS2. The predicted molar refractivity (Wildman–Crippen MR) is 104 cm³/mol. The minimum Gasteiger partial charge on any atom is -0.444 e. The van der Waals surface area contributed by atoms with E-state index in [1.54, 1.807) is 28.9 Å². The highest BCUT2D eigenvalue weighted by Crippen LogP contribution is 2.27. The second kappa shape index (κ2) is 7.35. The van der Waals surface area contributed by atoms with E-state index in [2.05, 4.69) is 59.0 Å². The molecule has 0 spiro atoms. The summed E-state index contributed by atoms with van der Waals surface area (Å²) >= 11 is 3.40. The van der Waals surface area contributed by atoms with Crippen LogP contribution in [0.2, 0.25) is 0 Å². The van der Waals surface area contributed by atoms with Crippen molar-refractivity contribution in [3.8, 4) is 10.8 Å². The number of hydrogen-bond acceptors (Lipinski definition) is 5. The van der Waals surface area contributed by atoms with Crippen LogP contribution in [0.3, 0.4) is 0 Å². The van der Waals surface area contributed by atoms with E-state index in [0.29, 0.717) is 12.4 Å². The Bertz CT molecular complexity index is 909. The highest BCUT2D eigenvalue weighted by atomic mass is 32.1. The first-order valence-corrected chi connectivity index (χ1v) is 9.87. The Labute approximate surface area is 155 Å². The third-order valence-corrected chi connectivity index (χ3v) is 5.80. The molecule has 0 amide bonds. The monoisotopic (exact) mass is 366 g/mol. The molecule has 3 nitrogen and oxygen atoms in total. The molecule has 0 saturated carbocycles. The molecule has 1 N–H and O–H groups in total. The Kier molecular flexibility index (Phi) is 4.78. The maximum Gasteiger partial charge on any atom is 0.236 e. The Morgan fingerprint density at radius 1 is 1.04 bits per heavy atom. The van der Waals surface area contributed by atoms with E-state index in [9.17, 15) is 0 Å². The van der Waals surface area contributed by atoms with Gasteiger partial charge in [-0.2, -0.15) is 0 Å². The van der Waals surface area contributed by atoms with E-state index >= 15 is 0 Å². The molecule has 3 heterocycles. The Hall–Kier alpha value is -2.21. The first-order chi connectivity index (χ1) is 12.3. The van der Waals surface area contributed by atoms with Crippen LogP contribution in [-0.4, -0.2) is 4.98 Å². The van der Waals surface area contributed by atoms with Crippen molar-refractivity contribution in [2.75, 3.05) is 0 Å². The van der Waals surface area contributed by atoms with Gasteiger partial charge in [-0.05, 0) is 35.4 Å². The number of hydrogen-bond donors (Lipinski definition) is 1. The maximum absolute atomic E-state index is 5.62. The summed E-state index contributed by atoms with van der Waals surface area (Å²) in [5.41, 5.74) is 3.44. The standard InChI is InChI=1S/C20H18N2OS2/c1-14-6-8-15(9-7-14)19(17-4-2-10-24-17)21-12-16-13-23-20(22-16)18-5-3-11-25-18/h2-11,13,19,21H,12H2,1H3/t19-/m0/s1. The Balaban J connectivity index is 1.52. The number of aryl methyl sites for hydroxylation is 1. The van der Waals surface area contributed by atoms with Gasteiger partial charge in [-0.3, -0.25) is 5.32 Å². The molecule has 4 rings (SSSR count). The predicted octanol–water partition coefficient (Wildman–Crippen LogP) is 5.65. The molecule has 0 unspecified atom stereocenters. The van der Waals surface area contributed by atoms with Crippen molar-refractivity contribution >= 4 is 22.7 Å². The summed E-state index contributed by atoms with van der Waals surface area (Å²) in [5, 5.41) is 7.77. The molecule has 25 heavy (non-hydrogen) atoms. The van der Waals surface area contributed by atoms with Crippen LogP contribution in [-0.2, 0) is 6.54 Å². The van der Waals surface area contributed by atoms with E-state index in [1.807, 2.05) is 17.5 Å². The van der Waals surface area contributed by atoms with Crippen molar-refractivity contribution < 1.29 is 4.42 Å². The van der Waals surface area contributed by atoms with Gasteiger partial charge in [0.15, 0.2) is 0 Å². The fourth-order valence-corrected chi connectivity index (χ4v) is 4.19. The van der Waals surface area contributed by atoms with Crippen molar-refractivity contribution in [2.24, 2.45) is 0 Å². The van der Waals surface area contributed by atoms with Gasteiger partial charge >= 0.3 is 0 Å². The fraction of sp³-hybridized carbons (Fsp3) is 0.150. The summed E-state index contributed by atoms with van der Waals surface area (Å²) in [6.45, 7) is 2.77. The maximum atomic E-state index is 5.62. The van der Waals surface area contributed by atoms with Crippen LogP contribution in [0.5, 0.6) is 0 Å². The second-order valence-electron chi connectivity index (χ2n) is 5.86. The van der Waals surface area contributed by atoms with Crippen LogP contribution in [0.1, 0.15) is 27.7 Å². The molecule has 0 saturated heterocycles. The molecule has 0 aliphatic heterocycles. The number of nitrogens with one attached hydrogen (secondary N) is 1. The summed E-state index contributed by atoms with van der Waals surface area (Å²) in [4.78, 5) is 6.95. The first-order valence-electron chi connectivity index (χ1n) is 8.11. The van der Waals surface area contributed by atoms with Crippen LogP contribution in [0.15, 0.2) is 70.0 Å². The van der Waals surface area contributed by atoms with Crippen molar-refractivity contribution in [1.82, 2.24) is 10.3 Å². The first kappa shape index (κ1) is 16.3. The minimum atomic E-state index is 0.155. The molecule has 1 aromatic carbocycles. The molecule has 0 aliphatic rings. The molecule has 3 aromatic heterocycles. The lowest BCUT2D eigenvalue weighted by molar-refractivity contribution is 0.566. The number of benzene rings is 1. The molecule has 5 heteroatoms. The zero-order valence-corrected chi connectivity index (χ0v) is 15.4. The van der Waals surface area contributed by atoms with Gasteiger partial charge in [-0.25, -0.2) is 4.98 Å². The summed E-state index contributed by atoms with van der Waals surface area (Å²) in [7, 11) is 0. The van der Waals surface area contributed by atoms with Crippen molar-refractivity contribution in [2.45, 2.75) is 19.5 Å². The molecule has 0 fully saturated rings. The lowest BCUT2D eigenvalue weighted by Gasteiger charge is -2.17. The van der Waals surface area contributed by atoms with Crippen LogP contribution in [0.4, 0.5) is 0 Å². The zero-order valence-electron chi connectivity index (χ0n) is 13.8. The van der Waals surface area contributed by atoms with Gasteiger partial charge in [0.05, 0.1) is 16.6 Å². The highest BCUT2D eigenvalue weighted by molar-refractivity contribution is 7.13. The van der Waals surface area contributed by atoms with Crippen LogP contribution >= 0.6 is 22.7 Å². The highest BCUT2D eigenvalue weighted by Gasteiger charge is 2.16. The summed E-state index contributed by atoms with van der Waals surface area (Å²) in [5.74, 6) is 0.690. The Morgan fingerprint density at radius 2 is 1.84 bits per heavy atom. The van der Waals surface area contributed by atoms with Gasteiger partial charge in [0, 0.05) is 11.4 Å². The normalized spacial score (nSPS) is 12.4. The smallest absolute Gasteiger partial charge is 0.236 e.